The van der Waals surface area contributed by atoms with E-state index in [-0.39, 0.29) is 0 Å². The first-order valence-corrected chi connectivity index (χ1v) is 7.83. The van der Waals surface area contributed by atoms with Gasteiger partial charge in [0.15, 0.2) is 0 Å². The molecule has 3 rings (SSSR count). The normalized spacial score (nSPS) is 17.2. The maximum Gasteiger partial charge on any atom is 0.0953 e. The second-order valence-electron chi connectivity index (χ2n) is 6.05. The Labute approximate surface area is 126 Å². The highest BCUT2D eigenvalue weighted by molar-refractivity contribution is 5.98. The highest BCUT2D eigenvalue weighted by atomic mass is 15.1. The number of nitrogens with two attached hydrogens (primary N) is 1. The lowest BCUT2D eigenvalue weighted by Gasteiger charge is -2.30. The lowest BCUT2D eigenvalue weighted by atomic mass is 9.99. The Morgan fingerprint density at radius 1 is 1.29 bits per heavy atom. The Hall–Kier alpha value is -1.81. The van der Waals surface area contributed by atoms with Crippen LogP contribution in [0.3, 0.4) is 0 Å². The van der Waals surface area contributed by atoms with E-state index in [1.54, 1.807) is 0 Å². The molecule has 3 N–H and O–H groups in total. The zero-order valence-electron chi connectivity index (χ0n) is 12.7. The third-order valence-electron chi connectivity index (χ3n) is 4.42. The van der Waals surface area contributed by atoms with E-state index in [1.165, 1.54) is 25.9 Å². The maximum absolute atomic E-state index is 6.01. The van der Waals surface area contributed by atoms with E-state index < -0.39 is 0 Å². The zero-order valence-corrected chi connectivity index (χ0v) is 12.7. The van der Waals surface area contributed by atoms with E-state index in [0.29, 0.717) is 0 Å². The predicted molar refractivity (Wildman–Crippen MR) is 89.5 cm³/mol. The molecule has 112 valence electrons. The number of piperidine rings is 1. The van der Waals surface area contributed by atoms with Crippen LogP contribution in [0.2, 0.25) is 0 Å². The van der Waals surface area contributed by atoms with Crippen LogP contribution >= 0.6 is 0 Å². The number of fused-ring (bicyclic) bond motifs is 1. The molecule has 0 unspecified atom stereocenters. The number of anilines is 2. The van der Waals surface area contributed by atoms with Crippen LogP contribution in [-0.4, -0.2) is 36.1 Å². The van der Waals surface area contributed by atoms with Gasteiger partial charge < -0.3 is 16.0 Å². The van der Waals surface area contributed by atoms with Crippen LogP contribution in [0, 0.1) is 5.92 Å². The van der Waals surface area contributed by atoms with Gasteiger partial charge in [0.1, 0.15) is 0 Å². The van der Waals surface area contributed by atoms with E-state index >= 15 is 0 Å². The average molecular weight is 284 g/mol. The molecule has 0 radical (unpaired) electrons. The molecular formula is C17H24N4. The van der Waals surface area contributed by atoms with Gasteiger partial charge in [-0.05, 0) is 56.1 Å². The Bertz CT molecular complexity index is 603. The largest absolute Gasteiger partial charge is 0.398 e. The van der Waals surface area contributed by atoms with Crippen LogP contribution in [0.4, 0.5) is 11.4 Å². The second-order valence-corrected chi connectivity index (χ2v) is 6.05. The third kappa shape index (κ3) is 3.27. The molecule has 1 aromatic heterocycles. The summed E-state index contributed by atoms with van der Waals surface area (Å²) in [6.45, 7) is 6.84. The number of nitrogens with zero attached hydrogens (tertiary/aromatic N) is 2. The Kier molecular flexibility index (Phi) is 4.25. The van der Waals surface area contributed by atoms with E-state index in [9.17, 15) is 0 Å². The summed E-state index contributed by atoms with van der Waals surface area (Å²) >= 11 is 0. The minimum Gasteiger partial charge on any atom is -0.398 e. The lowest BCUT2D eigenvalue weighted by Crippen LogP contribution is -2.36. The van der Waals surface area contributed by atoms with Crippen molar-refractivity contribution in [3.63, 3.8) is 0 Å². The van der Waals surface area contributed by atoms with Crippen LogP contribution in [-0.2, 0) is 0 Å². The van der Waals surface area contributed by atoms with E-state index in [4.69, 9.17) is 5.73 Å². The van der Waals surface area contributed by atoms with Crippen molar-refractivity contribution < 1.29 is 0 Å². The highest BCUT2D eigenvalue weighted by Crippen LogP contribution is 2.26. The van der Waals surface area contributed by atoms with Gasteiger partial charge in [0.05, 0.1) is 11.2 Å². The summed E-state index contributed by atoms with van der Waals surface area (Å²) in [6, 6.07) is 7.93. The Morgan fingerprint density at radius 2 is 2.10 bits per heavy atom. The van der Waals surface area contributed by atoms with Gasteiger partial charge in [-0.3, -0.25) is 4.98 Å². The molecule has 0 amide bonds. The summed E-state index contributed by atoms with van der Waals surface area (Å²) in [7, 11) is 0. The number of aromatic nitrogens is 1. The number of hydrogen-bond acceptors (Lipinski definition) is 4. The number of likely N-dealkylation sites (tertiary alicyclic amines) is 1. The molecule has 0 spiro atoms. The van der Waals surface area contributed by atoms with Gasteiger partial charge in [-0.2, -0.15) is 0 Å². The standard InChI is InChI=1S/C17H24N4/c1-13-6-10-21(11-7-13)12-9-19-16-5-4-15(18)14-3-2-8-20-17(14)16/h2-5,8,13,19H,6-7,9-12,18H2,1H3. The molecule has 4 heteroatoms. The van der Waals surface area contributed by atoms with Gasteiger partial charge in [0.2, 0.25) is 0 Å². The van der Waals surface area contributed by atoms with Gasteiger partial charge in [0.25, 0.3) is 0 Å². The summed E-state index contributed by atoms with van der Waals surface area (Å²) in [4.78, 5) is 7.00. The summed E-state index contributed by atoms with van der Waals surface area (Å²) in [5.41, 5.74) is 8.83. The fraction of sp³-hybridized carbons (Fsp3) is 0.471. The number of nitrogens with one attached hydrogen (secondary N) is 1. The molecule has 1 aliphatic heterocycles. The first-order chi connectivity index (χ1) is 10.2. The van der Waals surface area contributed by atoms with Gasteiger partial charge in [-0.25, -0.2) is 0 Å². The van der Waals surface area contributed by atoms with Crippen LogP contribution in [0.5, 0.6) is 0 Å². The van der Waals surface area contributed by atoms with Crippen molar-refractivity contribution in [2.24, 2.45) is 5.92 Å². The van der Waals surface area contributed by atoms with E-state index in [2.05, 4.69) is 22.1 Å². The predicted octanol–water partition coefficient (Wildman–Crippen LogP) is 2.96. The van der Waals surface area contributed by atoms with Crippen LogP contribution < -0.4 is 11.1 Å². The van der Waals surface area contributed by atoms with Crippen molar-refractivity contribution >= 4 is 22.3 Å². The molecule has 1 fully saturated rings. The number of benzene rings is 1. The summed E-state index contributed by atoms with van der Waals surface area (Å²) in [5.74, 6) is 0.888. The Morgan fingerprint density at radius 3 is 2.90 bits per heavy atom. The molecule has 0 aliphatic carbocycles. The Balaban J connectivity index is 1.62. The van der Waals surface area contributed by atoms with E-state index in [0.717, 1.165) is 41.3 Å². The number of hydrogen-bond donors (Lipinski definition) is 2. The van der Waals surface area contributed by atoms with Crippen molar-refractivity contribution in [2.45, 2.75) is 19.8 Å². The SMILES string of the molecule is CC1CCN(CCNc2ccc(N)c3cccnc23)CC1. The fourth-order valence-electron chi connectivity index (χ4n) is 2.97. The van der Waals surface area contributed by atoms with Crippen molar-refractivity contribution in [1.82, 2.24) is 9.88 Å². The number of pyridine rings is 1. The minimum atomic E-state index is 0.786. The first-order valence-electron chi connectivity index (χ1n) is 7.83. The minimum absolute atomic E-state index is 0.786. The third-order valence-corrected chi connectivity index (χ3v) is 4.42. The summed E-state index contributed by atoms with van der Waals surface area (Å²) < 4.78 is 0. The highest BCUT2D eigenvalue weighted by Gasteiger charge is 2.15. The monoisotopic (exact) mass is 284 g/mol. The van der Waals surface area contributed by atoms with Gasteiger partial charge >= 0.3 is 0 Å². The van der Waals surface area contributed by atoms with Crippen molar-refractivity contribution in [3.8, 4) is 0 Å². The van der Waals surface area contributed by atoms with E-state index in [1.807, 2.05) is 30.5 Å². The molecule has 0 atom stereocenters. The summed E-state index contributed by atoms with van der Waals surface area (Å²) in [5, 5.41) is 4.54. The molecule has 2 aromatic rings. The quantitative estimate of drug-likeness (QED) is 0.848. The summed E-state index contributed by atoms with van der Waals surface area (Å²) in [6.07, 6.45) is 4.47. The second kappa shape index (κ2) is 6.31. The maximum atomic E-state index is 6.01. The molecule has 1 aromatic carbocycles. The van der Waals surface area contributed by atoms with Gasteiger partial charge in [-0.15, -0.1) is 0 Å². The molecule has 1 saturated heterocycles. The van der Waals surface area contributed by atoms with Crippen molar-refractivity contribution in [3.05, 3.63) is 30.5 Å². The van der Waals surface area contributed by atoms with Gasteiger partial charge in [-0.1, -0.05) is 6.92 Å². The van der Waals surface area contributed by atoms with Crippen molar-refractivity contribution in [1.29, 1.82) is 0 Å². The molecular weight excluding hydrogens is 260 g/mol. The molecule has 21 heavy (non-hydrogen) atoms. The van der Waals surface area contributed by atoms with Gasteiger partial charge in [0, 0.05) is 30.4 Å². The van der Waals surface area contributed by atoms with Crippen LogP contribution in [0.1, 0.15) is 19.8 Å². The zero-order chi connectivity index (χ0) is 14.7. The smallest absolute Gasteiger partial charge is 0.0953 e. The van der Waals surface area contributed by atoms with Crippen molar-refractivity contribution in [2.75, 3.05) is 37.2 Å². The average Bonchev–Trinajstić information content (AvgIpc) is 2.52. The van der Waals surface area contributed by atoms with Crippen LogP contribution in [0.25, 0.3) is 10.9 Å². The topological polar surface area (TPSA) is 54.2 Å². The molecule has 4 nitrogen and oxygen atoms in total. The fourth-order valence-corrected chi connectivity index (χ4v) is 2.97. The molecule has 0 saturated carbocycles. The number of rotatable bonds is 4. The molecule has 1 aliphatic rings. The lowest BCUT2D eigenvalue weighted by molar-refractivity contribution is 0.199. The van der Waals surface area contributed by atoms with Crippen LogP contribution in [0.15, 0.2) is 30.5 Å². The first kappa shape index (κ1) is 14.1. The number of nitrogen functional groups attached to an aromatic ring is 1. The molecule has 0 bridgehead atoms. The molecule has 2 heterocycles.